The second kappa shape index (κ2) is 5.61. The van der Waals surface area contributed by atoms with Crippen LogP contribution in [0.2, 0.25) is 0 Å². The van der Waals surface area contributed by atoms with Gasteiger partial charge in [-0.05, 0) is 19.1 Å². The van der Waals surface area contributed by atoms with Crippen LogP contribution in [-0.4, -0.2) is 22.7 Å². The van der Waals surface area contributed by atoms with Crippen LogP contribution in [0.4, 0.5) is 0 Å². The van der Waals surface area contributed by atoms with Crippen LogP contribution < -0.4 is 5.32 Å². The minimum absolute atomic E-state index is 0.0619. The lowest BCUT2D eigenvalue weighted by Gasteiger charge is -2.07. The zero-order valence-corrected chi connectivity index (χ0v) is 9.76. The monoisotopic (exact) mass is 232 g/mol. The SMILES string of the molecule is C[C@H](CO)NCc1coc(-c2ccccc2)n1. The van der Waals surface area contributed by atoms with Crippen molar-refractivity contribution in [3.63, 3.8) is 0 Å². The van der Waals surface area contributed by atoms with E-state index in [4.69, 9.17) is 9.52 Å². The van der Waals surface area contributed by atoms with E-state index in [2.05, 4.69) is 10.3 Å². The summed E-state index contributed by atoms with van der Waals surface area (Å²) in [5, 5.41) is 12.0. The highest BCUT2D eigenvalue weighted by Gasteiger charge is 2.06. The summed E-state index contributed by atoms with van der Waals surface area (Å²) in [6.45, 7) is 2.62. The molecule has 1 heterocycles. The summed E-state index contributed by atoms with van der Waals surface area (Å²) in [4.78, 5) is 4.38. The van der Waals surface area contributed by atoms with E-state index < -0.39 is 0 Å². The third-order valence-electron chi connectivity index (χ3n) is 2.48. The van der Waals surface area contributed by atoms with E-state index in [9.17, 15) is 0 Å². The van der Waals surface area contributed by atoms with Gasteiger partial charge in [0.05, 0.1) is 12.3 Å². The first-order valence-corrected chi connectivity index (χ1v) is 5.63. The highest BCUT2D eigenvalue weighted by atomic mass is 16.3. The first kappa shape index (κ1) is 11.8. The van der Waals surface area contributed by atoms with Gasteiger partial charge in [-0.2, -0.15) is 0 Å². The standard InChI is InChI=1S/C13H16N2O2/c1-10(8-16)14-7-12-9-17-13(15-12)11-5-3-2-4-6-11/h2-6,9-10,14,16H,7-8H2,1H3/t10-/m1/s1. The normalized spacial score (nSPS) is 12.6. The van der Waals surface area contributed by atoms with Gasteiger partial charge in [-0.15, -0.1) is 0 Å². The van der Waals surface area contributed by atoms with Crippen LogP contribution in [0, 0.1) is 0 Å². The van der Waals surface area contributed by atoms with Gasteiger partial charge in [-0.3, -0.25) is 0 Å². The molecule has 0 saturated heterocycles. The highest BCUT2D eigenvalue weighted by molar-refractivity contribution is 5.52. The van der Waals surface area contributed by atoms with Crippen molar-refractivity contribution in [3.8, 4) is 11.5 Å². The van der Waals surface area contributed by atoms with E-state index in [0.717, 1.165) is 11.3 Å². The summed E-state index contributed by atoms with van der Waals surface area (Å²) in [6.07, 6.45) is 1.64. The Balaban J connectivity index is 2.01. The average molecular weight is 232 g/mol. The molecule has 0 saturated carbocycles. The van der Waals surface area contributed by atoms with E-state index in [-0.39, 0.29) is 12.6 Å². The molecule has 0 aliphatic heterocycles. The largest absolute Gasteiger partial charge is 0.444 e. The van der Waals surface area contributed by atoms with Crippen LogP contribution in [0.15, 0.2) is 41.0 Å². The molecular weight excluding hydrogens is 216 g/mol. The van der Waals surface area contributed by atoms with Crippen LogP contribution in [0.1, 0.15) is 12.6 Å². The van der Waals surface area contributed by atoms with Gasteiger partial charge in [-0.25, -0.2) is 4.98 Å². The fourth-order valence-corrected chi connectivity index (χ4v) is 1.44. The second-order valence-corrected chi connectivity index (χ2v) is 3.97. The summed E-state index contributed by atoms with van der Waals surface area (Å²) in [5.41, 5.74) is 1.80. The number of aliphatic hydroxyl groups is 1. The first-order valence-electron chi connectivity index (χ1n) is 5.63. The van der Waals surface area contributed by atoms with Gasteiger partial charge in [-0.1, -0.05) is 18.2 Å². The predicted molar refractivity (Wildman–Crippen MR) is 65.3 cm³/mol. The van der Waals surface area contributed by atoms with Crippen molar-refractivity contribution in [1.29, 1.82) is 0 Å². The maximum Gasteiger partial charge on any atom is 0.226 e. The zero-order valence-electron chi connectivity index (χ0n) is 9.76. The average Bonchev–Trinajstić information content (AvgIpc) is 2.86. The molecule has 0 unspecified atom stereocenters. The third-order valence-corrected chi connectivity index (χ3v) is 2.48. The summed E-state index contributed by atoms with van der Waals surface area (Å²) in [5.74, 6) is 0.624. The fraction of sp³-hybridized carbons (Fsp3) is 0.308. The predicted octanol–water partition coefficient (Wildman–Crippen LogP) is 1.81. The number of hydrogen-bond donors (Lipinski definition) is 2. The maximum absolute atomic E-state index is 8.89. The van der Waals surface area contributed by atoms with Gasteiger partial charge < -0.3 is 14.8 Å². The lowest BCUT2D eigenvalue weighted by molar-refractivity contribution is 0.250. The molecule has 2 N–H and O–H groups in total. The van der Waals surface area contributed by atoms with Crippen LogP contribution >= 0.6 is 0 Å². The van der Waals surface area contributed by atoms with Gasteiger partial charge >= 0.3 is 0 Å². The Morgan fingerprint density at radius 3 is 2.82 bits per heavy atom. The fourth-order valence-electron chi connectivity index (χ4n) is 1.44. The van der Waals surface area contributed by atoms with Gasteiger partial charge in [0.25, 0.3) is 0 Å². The molecule has 0 amide bonds. The number of aromatic nitrogens is 1. The topological polar surface area (TPSA) is 58.3 Å². The van der Waals surface area contributed by atoms with Crippen molar-refractivity contribution in [2.75, 3.05) is 6.61 Å². The molecule has 1 aromatic heterocycles. The lowest BCUT2D eigenvalue weighted by atomic mass is 10.2. The molecule has 90 valence electrons. The van der Waals surface area contributed by atoms with Crippen LogP contribution in [-0.2, 0) is 6.54 Å². The number of benzene rings is 1. The molecule has 0 bridgehead atoms. The number of rotatable bonds is 5. The van der Waals surface area contributed by atoms with Gasteiger partial charge in [0.15, 0.2) is 0 Å². The molecule has 0 fully saturated rings. The molecule has 2 aromatic rings. The molecule has 0 aliphatic carbocycles. The van der Waals surface area contributed by atoms with Crippen LogP contribution in [0.3, 0.4) is 0 Å². The lowest BCUT2D eigenvalue weighted by Crippen LogP contribution is -2.28. The zero-order chi connectivity index (χ0) is 12.1. The number of nitrogens with one attached hydrogen (secondary N) is 1. The van der Waals surface area contributed by atoms with Crippen molar-refractivity contribution < 1.29 is 9.52 Å². The molecule has 1 atom stereocenters. The van der Waals surface area contributed by atoms with Crippen LogP contribution in [0.25, 0.3) is 11.5 Å². The maximum atomic E-state index is 8.89. The number of hydrogen-bond acceptors (Lipinski definition) is 4. The summed E-state index contributed by atoms with van der Waals surface area (Å²) >= 11 is 0. The van der Waals surface area contributed by atoms with Gasteiger partial charge in [0, 0.05) is 18.2 Å². The molecule has 2 rings (SSSR count). The Bertz CT molecular complexity index is 453. The van der Waals surface area contributed by atoms with E-state index in [0.29, 0.717) is 12.4 Å². The van der Waals surface area contributed by atoms with E-state index >= 15 is 0 Å². The van der Waals surface area contributed by atoms with Crippen molar-refractivity contribution in [2.45, 2.75) is 19.5 Å². The molecular formula is C13H16N2O2. The highest BCUT2D eigenvalue weighted by Crippen LogP contribution is 2.17. The van der Waals surface area contributed by atoms with Crippen molar-refractivity contribution >= 4 is 0 Å². The van der Waals surface area contributed by atoms with Crippen molar-refractivity contribution in [1.82, 2.24) is 10.3 Å². The second-order valence-electron chi connectivity index (χ2n) is 3.97. The molecule has 1 aromatic carbocycles. The third kappa shape index (κ3) is 3.15. The van der Waals surface area contributed by atoms with E-state index in [1.807, 2.05) is 37.3 Å². The summed E-state index contributed by atoms with van der Waals surface area (Å²) < 4.78 is 5.40. The van der Waals surface area contributed by atoms with Gasteiger partial charge in [0.2, 0.25) is 5.89 Å². The van der Waals surface area contributed by atoms with Crippen molar-refractivity contribution in [3.05, 3.63) is 42.3 Å². The number of aliphatic hydroxyl groups excluding tert-OH is 1. The van der Waals surface area contributed by atoms with E-state index in [1.54, 1.807) is 6.26 Å². The Hall–Kier alpha value is -1.65. The minimum atomic E-state index is 0.0619. The first-order chi connectivity index (χ1) is 8.29. The Kier molecular flexibility index (Phi) is 3.90. The summed E-state index contributed by atoms with van der Waals surface area (Å²) in [6, 6.07) is 9.83. The molecule has 4 heteroatoms. The molecule has 17 heavy (non-hydrogen) atoms. The molecule has 0 radical (unpaired) electrons. The van der Waals surface area contributed by atoms with E-state index in [1.165, 1.54) is 0 Å². The molecule has 4 nitrogen and oxygen atoms in total. The Morgan fingerprint density at radius 2 is 2.12 bits per heavy atom. The smallest absolute Gasteiger partial charge is 0.226 e. The van der Waals surface area contributed by atoms with Crippen LogP contribution in [0.5, 0.6) is 0 Å². The Labute approximate surface area is 100 Å². The number of oxazole rings is 1. The summed E-state index contributed by atoms with van der Waals surface area (Å²) in [7, 11) is 0. The quantitative estimate of drug-likeness (QED) is 0.825. The molecule has 0 spiro atoms. The van der Waals surface area contributed by atoms with Gasteiger partial charge in [0.1, 0.15) is 6.26 Å². The number of nitrogens with zero attached hydrogens (tertiary/aromatic N) is 1. The minimum Gasteiger partial charge on any atom is -0.444 e. The Morgan fingerprint density at radius 1 is 1.35 bits per heavy atom. The van der Waals surface area contributed by atoms with Crippen molar-refractivity contribution in [2.24, 2.45) is 0 Å². The molecule has 0 aliphatic rings.